The van der Waals surface area contributed by atoms with Gasteiger partial charge in [0.05, 0.1) is 39.3 Å². The van der Waals surface area contributed by atoms with Gasteiger partial charge < -0.3 is 40.9 Å². The van der Waals surface area contributed by atoms with E-state index in [1.54, 1.807) is 0 Å². The Bertz CT molecular complexity index is 2440. The number of nitrogens with two attached hydrogens (primary N) is 2. The monoisotopic (exact) mass is 1090 g/mol. The van der Waals surface area contributed by atoms with E-state index in [9.17, 15) is 0 Å². The molecule has 1 saturated heterocycles. The molecule has 0 radical (unpaired) electrons. The second kappa shape index (κ2) is 32.3. The molecular formula is C67H82N8O6. The minimum absolute atomic E-state index is 0.127. The van der Waals surface area contributed by atoms with Crippen LogP contribution in [0.4, 0.5) is 0 Å². The summed E-state index contributed by atoms with van der Waals surface area (Å²) in [6.45, 7) is 1.20. The average molecular weight is 1100 g/mol. The lowest BCUT2D eigenvalue weighted by molar-refractivity contribution is -0.150. The summed E-state index contributed by atoms with van der Waals surface area (Å²) in [5.41, 5.74) is 18.4. The summed E-state index contributed by atoms with van der Waals surface area (Å²) < 4.78 is 0. The fourth-order valence-electron chi connectivity index (χ4n) is 10.8. The highest BCUT2D eigenvalue weighted by atomic mass is 16.2. The molecule has 14 heteroatoms. The van der Waals surface area contributed by atoms with Crippen molar-refractivity contribution < 1.29 is 28.8 Å². The van der Waals surface area contributed by atoms with Crippen LogP contribution < -0.4 is 11.5 Å². The molecule has 7 rings (SSSR count). The van der Waals surface area contributed by atoms with E-state index in [0.717, 1.165) is 39.8 Å². The largest absolute Gasteiger partial charge is 0.332 e. The summed E-state index contributed by atoms with van der Waals surface area (Å²) in [5.74, 6) is -3.12. The third-order valence-corrected chi connectivity index (χ3v) is 15.4. The maximum Gasteiger partial charge on any atom is 0.242 e. The van der Waals surface area contributed by atoms with Crippen LogP contribution >= 0.6 is 0 Å². The minimum Gasteiger partial charge on any atom is -0.332 e. The van der Waals surface area contributed by atoms with Gasteiger partial charge in [-0.25, -0.2) is 0 Å². The van der Waals surface area contributed by atoms with Crippen molar-refractivity contribution in [2.45, 2.75) is 69.6 Å². The molecule has 6 aromatic rings. The summed E-state index contributed by atoms with van der Waals surface area (Å²) in [6, 6.07) is 60.2. The summed E-state index contributed by atoms with van der Waals surface area (Å²) in [4.78, 5) is 99.5. The number of hydrogen-bond acceptors (Lipinski definition) is 8. The maximum absolute atomic E-state index is 15.2. The molecule has 6 amide bonds. The summed E-state index contributed by atoms with van der Waals surface area (Å²) in [5, 5.41) is 0. The Morgan fingerprint density at radius 3 is 0.667 bits per heavy atom. The van der Waals surface area contributed by atoms with E-state index in [-0.39, 0.29) is 109 Å². The van der Waals surface area contributed by atoms with Crippen molar-refractivity contribution in [2.24, 2.45) is 11.5 Å². The predicted molar refractivity (Wildman–Crippen MR) is 320 cm³/mol. The zero-order chi connectivity index (χ0) is 57.2. The highest BCUT2D eigenvalue weighted by molar-refractivity contribution is 5.94. The van der Waals surface area contributed by atoms with Crippen molar-refractivity contribution in [1.29, 1.82) is 0 Å². The number of unbranched alkanes of at least 4 members (excludes halogenated alkanes) is 1. The van der Waals surface area contributed by atoms with Crippen molar-refractivity contribution in [2.75, 3.05) is 91.6 Å². The van der Waals surface area contributed by atoms with Crippen LogP contribution in [-0.2, 0) is 28.8 Å². The SMILES string of the molecule is CCCCN1CC(=O)N(CCC(c2ccccc2)c2ccccc2)CC(=O)N(CCCN)CC(=O)N(CCC(c2ccccc2)c2ccccc2)CC(=O)N(CCCN)CC(=O)N(CCC(c2ccccc2)c2ccccc2)CC1=O. The summed E-state index contributed by atoms with van der Waals surface area (Å²) in [7, 11) is 0. The Morgan fingerprint density at radius 1 is 0.296 bits per heavy atom. The lowest BCUT2D eigenvalue weighted by Crippen LogP contribution is -2.54. The van der Waals surface area contributed by atoms with Gasteiger partial charge in [0.25, 0.3) is 0 Å². The van der Waals surface area contributed by atoms with Crippen molar-refractivity contribution in [1.82, 2.24) is 29.4 Å². The smallest absolute Gasteiger partial charge is 0.242 e. The topological polar surface area (TPSA) is 174 Å². The molecule has 0 bridgehead atoms. The van der Waals surface area contributed by atoms with Gasteiger partial charge in [-0.05, 0) is 85.0 Å². The summed E-state index contributed by atoms with van der Waals surface area (Å²) in [6.07, 6.45) is 3.41. The van der Waals surface area contributed by atoms with Crippen LogP contribution in [0.2, 0.25) is 0 Å². The zero-order valence-corrected chi connectivity index (χ0v) is 47.2. The molecule has 1 aliphatic rings. The molecule has 0 spiro atoms. The number of nitrogens with zero attached hydrogens (tertiary/aromatic N) is 6. The number of hydrogen-bond donors (Lipinski definition) is 2. The van der Waals surface area contributed by atoms with Gasteiger partial charge in [0.15, 0.2) is 0 Å². The molecule has 1 aliphatic heterocycles. The molecule has 0 aromatic heterocycles. The van der Waals surface area contributed by atoms with Crippen LogP contribution in [-0.4, -0.2) is 156 Å². The third-order valence-electron chi connectivity index (χ3n) is 15.4. The lowest BCUT2D eigenvalue weighted by atomic mass is 9.88. The fourth-order valence-corrected chi connectivity index (χ4v) is 10.8. The quantitative estimate of drug-likeness (QED) is 0.0611. The molecule has 0 saturated carbocycles. The van der Waals surface area contributed by atoms with Crippen molar-refractivity contribution in [3.05, 3.63) is 215 Å². The van der Waals surface area contributed by atoms with Crippen molar-refractivity contribution in [3.8, 4) is 0 Å². The Labute approximate surface area is 479 Å². The molecule has 0 unspecified atom stereocenters. The van der Waals surface area contributed by atoms with E-state index in [2.05, 4.69) is 48.5 Å². The van der Waals surface area contributed by atoms with E-state index < -0.39 is 35.4 Å². The Morgan fingerprint density at radius 2 is 0.481 bits per heavy atom. The fraction of sp³-hybridized carbons (Fsp3) is 0.373. The average Bonchev–Trinajstić information content (AvgIpc) is 3.52. The molecule has 4 N–H and O–H groups in total. The number of amides is 6. The zero-order valence-electron chi connectivity index (χ0n) is 47.2. The Kier molecular flexibility index (Phi) is 24.2. The second-order valence-electron chi connectivity index (χ2n) is 21.0. The van der Waals surface area contributed by atoms with Gasteiger partial charge >= 0.3 is 0 Å². The first-order valence-corrected chi connectivity index (χ1v) is 28.9. The number of rotatable bonds is 24. The maximum atomic E-state index is 15.2. The molecule has 81 heavy (non-hydrogen) atoms. The van der Waals surface area contributed by atoms with Crippen LogP contribution in [0.5, 0.6) is 0 Å². The standard InChI is InChI=1S/C67H82N8O6/c1-2-3-41-70-47-65(79)74(45-37-60(55-28-14-6-15-29-55)56-30-16-7-17-31-56)51-63(77)72(43-23-40-69)49-67(81)75(46-38-61(57-32-18-8-19-33-57)58-34-20-9-21-35-58)52-64(78)71(42-22-39-68)48-66(80)73(50-62(70)76)44-36-59(53-24-10-4-11-25-53)54-26-12-5-13-27-54/h4-21,24-35,59-61H,2-3,22-23,36-52,68-69H2,1H3. The van der Waals surface area contributed by atoms with Gasteiger partial charge in [0, 0.05) is 57.0 Å². The molecule has 0 aliphatic carbocycles. The van der Waals surface area contributed by atoms with Gasteiger partial charge in [-0.15, -0.1) is 0 Å². The van der Waals surface area contributed by atoms with E-state index >= 15 is 28.8 Å². The number of benzene rings is 6. The first-order chi connectivity index (χ1) is 39.6. The summed E-state index contributed by atoms with van der Waals surface area (Å²) >= 11 is 0. The van der Waals surface area contributed by atoms with Crippen LogP contribution in [0.15, 0.2) is 182 Å². The molecule has 426 valence electrons. The molecule has 1 fully saturated rings. The lowest BCUT2D eigenvalue weighted by Gasteiger charge is -2.34. The molecule has 1 heterocycles. The van der Waals surface area contributed by atoms with Crippen LogP contribution in [0.1, 0.15) is 103 Å². The van der Waals surface area contributed by atoms with E-state index in [1.165, 1.54) is 29.4 Å². The van der Waals surface area contributed by atoms with Crippen molar-refractivity contribution in [3.63, 3.8) is 0 Å². The van der Waals surface area contributed by atoms with Crippen LogP contribution in [0.25, 0.3) is 0 Å². The van der Waals surface area contributed by atoms with E-state index in [1.807, 2.05) is 140 Å². The van der Waals surface area contributed by atoms with Crippen LogP contribution in [0, 0.1) is 0 Å². The van der Waals surface area contributed by atoms with Gasteiger partial charge in [0.1, 0.15) is 0 Å². The van der Waals surface area contributed by atoms with Gasteiger partial charge in [-0.2, -0.15) is 0 Å². The first-order valence-electron chi connectivity index (χ1n) is 28.9. The van der Waals surface area contributed by atoms with Gasteiger partial charge in [-0.3, -0.25) is 28.8 Å². The first kappa shape index (κ1) is 60.7. The highest BCUT2D eigenvalue weighted by Crippen LogP contribution is 2.31. The Balaban J connectivity index is 1.29. The molecular weight excluding hydrogens is 1010 g/mol. The normalized spacial score (nSPS) is 14.9. The second-order valence-corrected chi connectivity index (χ2v) is 21.0. The third kappa shape index (κ3) is 18.3. The molecule has 0 atom stereocenters. The van der Waals surface area contributed by atoms with Crippen molar-refractivity contribution >= 4 is 35.4 Å². The van der Waals surface area contributed by atoms with Gasteiger partial charge in [-0.1, -0.05) is 195 Å². The van der Waals surface area contributed by atoms with Crippen LogP contribution in [0.3, 0.4) is 0 Å². The van der Waals surface area contributed by atoms with E-state index in [0.29, 0.717) is 38.5 Å². The number of carbonyl (C=O) groups is 6. The highest BCUT2D eigenvalue weighted by Gasteiger charge is 2.33. The number of carbonyl (C=O) groups excluding carboxylic acids is 6. The molecule has 6 aromatic carbocycles. The van der Waals surface area contributed by atoms with E-state index in [4.69, 9.17) is 11.5 Å². The minimum atomic E-state index is -0.465. The van der Waals surface area contributed by atoms with Gasteiger partial charge in [0.2, 0.25) is 35.4 Å². The Hall–Kier alpha value is -7.94. The predicted octanol–water partition coefficient (Wildman–Crippen LogP) is 8.14. The molecule has 14 nitrogen and oxygen atoms in total.